The molecule has 170 valence electrons. The fourth-order valence-electron chi connectivity index (χ4n) is 3.55. The van der Waals surface area contributed by atoms with E-state index in [1.54, 1.807) is 6.07 Å². The zero-order valence-electron chi connectivity index (χ0n) is 17.1. The van der Waals surface area contributed by atoms with Gasteiger partial charge < -0.3 is 10.1 Å². The summed E-state index contributed by atoms with van der Waals surface area (Å²) in [5, 5.41) is 1.73. The second kappa shape index (κ2) is 10.2. The van der Waals surface area contributed by atoms with Gasteiger partial charge in [-0.25, -0.2) is 0 Å². The predicted octanol–water partition coefficient (Wildman–Crippen LogP) is 5.38. The molecule has 0 aliphatic heterocycles. The van der Waals surface area contributed by atoms with Crippen LogP contribution in [0.2, 0.25) is 5.02 Å². The molecule has 1 N–H and O–H groups in total. The smallest absolute Gasteiger partial charge is 0.418 e. The van der Waals surface area contributed by atoms with Gasteiger partial charge in [-0.15, -0.1) is 0 Å². The summed E-state index contributed by atoms with van der Waals surface area (Å²) in [6.45, 7) is -0.797. The van der Waals surface area contributed by atoms with Crippen LogP contribution in [0.25, 0.3) is 0 Å². The lowest BCUT2D eigenvalue weighted by molar-refractivity contribution is -0.147. The van der Waals surface area contributed by atoms with Gasteiger partial charge in [-0.3, -0.25) is 14.4 Å². The van der Waals surface area contributed by atoms with Crippen molar-refractivity contribution in [1.29, 1.82) is 0 Å². The second-order valence-electron chi connectivity index (χ2n) is 7.48. The number of halogens is 4. The Balaban J connectivity index is 1.49. The third-order valence-corrected chi connectivity index (χ3v) is 5.49. The molecule has 9 heteroatoms. The van der Waals surface area contributed by atoms with Gasteiger partial charge in [-0.2, -0.15) is 13.2 Å². The number of fused-ring (bicyclic) bond motifs is 1. The Morgan fingerprint density at radius 3 is 2.44 bits per heavy atom. The van der Waals surface area contributed by atoms with Crippen molar-refractivity contribution in [2.75, 3.05) is 11.9 Å². The average molecular weight is 468 g/mol. The highest BCUT2D eigenvalue weighted by Crippen LogP contribution is 2.38. The largest absolute Gasteiger partial charge is 0.456 e. The molecule has 0 spiro atoms. The maximum atomic E-state index is 13.1. The van der Waals surface area contributed by atoms with Crippen LogP contribution >= 0.6 is 11.6 Å². The molecule has 32 heavy (non-hydrogen) atoms. The Morgan fingerprint density at radius 2 is 1.72 bits per heavy atom. The van der Waals surface area contributed by atoms with E-state index in [0.717, 1.165) is 43.4 Å². The number of anilines is 1. The topological polar surface area (TPSA) is 72.5 Å². The maximum absolute atomic E-state index is 13.1. The van der Waals surface area contributed by atoms with E-state index in [9.17, 15) is 27.6 Å². The van der Waals surface area contributed by atoms with E-state index < -0.39 is 35.9 Å². The van der Waals surface area contributed by atoms with E-state index in [2.05, 4.69) is 0 Å². The quantitative estimate of drug-likeness (QED) is 0.438. The number of amides is 1. The van der Waals surface area contributed by atoms with Crippen LogP contribution in [0.4, 0.5) is 18.9 Å². The summed E-state index contributed by atoms with van der Waals surface area (Å²) in [7, 11) is 0. The number of alkyl halides is 3. The summed E-state index contributed by atoms with van der Waals surface area (Å²) in [5.74, 6) is -2.00. The first-order valence-corrected chi connectivity index (χ1v) is 10.5. The SMILES string of the molecule is O=C(COC(=O)CCC(=O)c1ccc2c(c1)CCCC2)Nc1c(Cl)cccc1C(F)(F)F. The number of ketones is 1. The minimum atomic E-state index is -4.72. The second-order valence-corrected chi connectivity index (χ2v) is 7.89. The number of carbonyl (C=O) groups is 3. The van der Waals surface area contributed by atoms with E-state index in [-0.39, 0.29) is 23.6 Å². The molecule has 1 amide bonds. The Bertz CT molecular complexity index is 1040. The van der Waals surface area contributed by atoms with E-state index in [0.29, 0.717) is 5.56 Å². The Labute approximate surface area is 187 Å². The van der Waals surface area contributed by atoms with Crippen molar-refractivity contribution in [2.45, 2.75) is 44.7 Å². The van der Waals surface area contributed by atoms with Crippen LogP contribution in [0.3, 0.4) is 0 Å². The number of rotatable bonds is 7. The third kappa shape index (κ3) is 6.09. The number of nitrogens with one attached hydrogen (secondary N) is 1. The number of benzene rings is 2. The van der Waals surface area contributed by atoms with Gasteiger partial charge in [0, 0.05) is 12.0 Å². The molecular formula is C23H21ClF3NO4. The number of carbonyl (C=O) groups excluding carboxylic acids is 3. The van der Waals surface area contributed by atoms with Gasteiger partial charge in [0.15, 0.2) is 12.4 Å². The molecule has 0 saturated heterocycles. The van der Waals surface area contributed by atoms with Crippen molar-refractivity contribution >= 4 is 34.9 Å². The number of para-hydroxylation sites is 1. The van der Waals surface area contributed by atoms with Gasteiger partial charge in [-0.05, 0) is 55.0 Å². The van der Waals surface area contributed by atoms with Crippen LogP contribution in [-0.2, 0) is 33.3 Å². The molecule has 0 heterocycles. The Morgan fingerprint density at radius 1 is 1.00 bits per heavy atom. The highest BCUT2D eigenvalue weighted by Gasteiger charge is 2.34. The molecule has 0 aromatic heterocycles. The normalized spacial score (nSPS) is 13.2. The number of aryl methyl sites for hydroxylation is 2. The summed E-state index contributed by atoms with van der Waals surface area (Å²) in [6.07, 6.45) is -0.927. The summed E-state index contributed by atoms with van der Waals surface area (Å²) in [5.41, 5.74) is 1.20. The number of esters is 1. The lowest BCUT2D eigenvalue weighted by Gasteiger charge is -2.16. The average Bonchev–Trinajstić information content (AvgIpc) is 2.76. The minimum absolute atomic E-state index is 0.0953. The summed E-state index contributed by atoms with van der Waals surface area (Å²) < 4.78 is 44.0. The standard InChI is InChI=1S/C23H21ClF3NO4/c24-18-7-3-6-17(23(25,26)27)22(18)28-20(30)13-32-21(31)11-10-19(29)16-9-8-14-4-1-2-5-15(14)12-16/h3,6-9,12H,1-2,4-5,10-11,13H2,(H,28,30). The van der Waals surface area contributed by atoms with Crippen molar-refractivity contribution in [1.82, 2.24) is 0 Å². The van der Waals surface area contributed by atoms with Crippen LogP contribution in [0.1, 0.15) is 52.7 Å². The number of hydrogen-bond acceptors (Lipinski definition) is 4. The molecule has 0 atom stereocenters. The first-order valence-electron chi connectivity index (χ1n) is 10.1. The highest BCUT2D eigenvalue weighted by molar-refractivity contribution is 6.34. The van der Waals surface area contributed by atoms with Gasteiger partial charge in [0.1, 0.15) is 0 Å². The molecule has 0 unspecified atom stereocenters. The molecule has 0 radical (unpaired) electrons. The predicted molar refractivity (Wildman–Crippen MR) is 113 cm³/mol. The van der Waals surface area contributed by atoms with Crippen LogP contribution < -0.4 is 5.32 Å². The van der Waals surface area contributed by atoms with Crippen LogP contribution in [0, 0.1) is 0 Å². The van der Waals surface area contributed by atoms with E-state index in [1.807, 2.05) is 17.4 Å². The zero-order valence-corrected chi connectivity index (χ0v) is 17.8. The summed E-state index contributed by atoms with van der Waals surface area (Å²) >= 11 is 5.77. The fourth-order valence-corrected chi connectivity index (χ4v) is 3.77. The number of ether oxygens (including phenoxy) is 1. The van der Waals surface area contributed by atoms with Gasteiger partial charge >= 0.3 is 12.1 Å². The van der Waals surface area contributed by atoms with E-state index in [1.165, 1.54) is 11.6 Å². The Hall–Kier alpha value is -2.87. The minimum Gasteiger partial charge on any atom is -0.456 e. The zero-order chi connectivity index (χ0) is 23.3. The molecule has 2 aromatic carbocycles. The molecule has 0 fully saturated rings. The van der Waals surface area contributed by atoms with Crippen LogP contribution in [0.5, 0.6) is 0 Å². The molecule has 1 aliphatic carbocycles. The summed E-state index contributed by atoms with van der Waals surface area (Å²) in [4.78, 5) is 36.2. The van der Waals surface area contributed by atoms with Gasteiger partial charge in [-0.1, -0.05) is 29.8 Å². The lowest BCUT2D eigenvalue weighted by Crippen LogP contribution is -2.23. The molecule has 0 saturated carbocycles. The lowest BCUT2D eigenvalue weighted by atomic mass is 9.89. The maximum Gasteiger partial charge on any atom is 0.418 e. The molecule has 0 bridgehead atoms. The number of Topliss-reactive ketones (excluding diaryl/α,β-unsaturated/α-hetero) is 1. The fraction of sp³-hybridized carbons (Fsp3) is 0.348. The molecule has 2 aromatic rings. The van der Waals surface area contributed by atoms with Gasteiger partial charge in [0.25, 0.3) is 5.91 Å². The van der Waals surface area contributed by atoms with Crippen molar-refractivity contribution in [3.05, 3.63) is 63.7 Å². The van der Waals surface area contributed by atoms with E-state index in [4.69, 9.17) is 16.3 Å². The first kappa shape index (κ1) is 23.8. The molecule has 3 rings (SSSR count). The molecule has 5 nitrogen and oxygen atoms in total. The highest BCUT2D eigenvalue weighted by atomic mass is 35.5. The monoisotopic (exact) mass is 467 g/mol. The Kier molecular flexibility index (Phi) is 7.56. The van der Waals surface area contributed by atoms with Crippen LogP contribution in [0.15, 0.2) is 36.4 Å². The van der Waals surface area contributed by atoms with Crippen molar-refractivity contribution in [3.8, 4) is 0 Å². The molecule has 1 aliphatic rings. The summed E-state index contributed by atoms with van der Waals surface area (Å²) in [6, 6.07) is 8.63. The molecular weight excluding hydrogens is 447 g/mol. The van der Waals surface area contributed by atoms with Crippen LogP contribution in [-0.4, -0.2) is 24.3 Å². The van der Waals surface area contributed by atoms with E-state index >= 15 is 0 Å². The van der Waals surface area contributed by atoms with Crippen molar-refractivity contribution in [2.24, 2.45) is 0 Å². The van der Waals surface area contributed by atoms with Gasteiger partial charge in [0.2, 0.25) is 0 Å². The van der Waals surface area contributed by atoms with Gasteiger partial charge in [0.05, 0.1) is 22.7 Å². The third-order valence-electron chi connectivity index (χ3n) is 5.17. The first-order chi connectivity index (χ1) is 15.1. The van der Waals surface area contributed by atoms with Crippen molar-refractivity contribution < 1.29 is 32.3 Å². The number of hydrogen-bond donors (Lipinski definition) is 1. The van der Waals surface area contributed by atoms with Crippen molar-refractivity contribution in [3.63, 3.8) is 0 Å².